The molecule has 24 heavy (non-hydrogen) atoms. The summed E-state index contributed by atoms with van der Waals surface area (Å²) in [5.74, 6) is 2.70. The molecule has 0 aromatic carbocycles. The number of fused-ring (bicyclic) bond motifs is 1. The van der Waals surface area contributed by atoms with Crippen molar-refractivity contribution >= 4 is 5.96 Å². The highest BCUT2D eigenvalue weighted by Gasteiger charge is 2.22. The monoisotopic (exact) mass is 337 g/mol. The Bertz CT molecular complexity index is 526. The maximum Gasteiger partial charge on any atom is 0.191 e. The van der Waals surface area contributed by atoms with Crippen LogP contribution >= 0.6 is 0 Å². The third-order valence-electron chi connectivity index (χ3n) is 3.89. The second-order valence-electron chi connectivity index (χ2n) is 6.36. The van der Waals surface area contributed by atoms with Crippen molar-refractivity contribution in [3.8, 4) is 0 Å². The van der Waals surface area contributed by atoms with Gasteiger partial charge >= 0.3 is 0 Å². The van der Waals surface area contributed by atoms with E-state index in [9.17, 15) is 0 Å². The van der Waals surface area contributed by atoms with Crippen molar-refractivity contribution in [1.82, 2.24) is 30.3 Å². The van der Waals surface area contributed by atoms with Crippen LogP contribution in [-0.4, -0.2) is 72.5 Å². The molecule has 1 aliphatic rings. The van der Waals surface area contributed by atoms with Gasteiger partial charge in [-0.05, 0) is 40.4 Å². The van der Waals surface area contributed by atoms with Crippen LogP contribution in [0.25, 0.3) is 0 Å². The highest BCUT2D eigenvalue weighted by molar-refractivity contribution is 5.80. The molecular formula is C16H31N7O. The zero-order valence-electron chi connectivity index (χ0n) is 15.4. The fraction of sp³-hybridized carbons (Fsp3) is 0.812. The fourth-order valence-electron chi connectivity index (χ4n) is 2.76. The van der Waals surface area contributed by atoms with Crippen LogP contribution < -0.4 is 10.6 Å². The van der Waals surface area contributed by atoms with Crippen LogP contribution in [0.2, 0.25) is 0 Å². The third kappa shape index (κ3) is 5.76. The fourth-order valence-corrected chi connectivity index (χ4v) is 2.76. The predicted molar refractivity (Wildman–Crippen MR) is 95.1 cm³/mol. The lowest BCUT2D eigenvalue weighted by molar-refractivity contribution is 0.177. The quantitative estimate of drug-likeness (QED) is 0.402. The van der Waals surface area contributed by atoms with E-state index in [1.165, 1.54) is 0 Å². The van der Waals surface area contributed by atoms with E-state index in [0.717, 1.165) is 63.0 Å². The molecule has 1 aromatic rings. The standard InChI is InChI=1S/C16H31N7O/c1-5-17-16(18-9-6-10-22(2)3)19-13-7-8-15-20-14(12-24-4)21-23(15)11-13/h13H,5-12H2,1-4H3,(H2,17,18,19). The van der Waals surface area contributed by atoms with Gasteiger partial charge in [0, 0.05) is 32.7 Å². The van der Waals surface area contributed by atoms with Gasteiger partial charge in [-0.2, -0.15) is 5.10 Å². The topological polar surface area (TPSA) is 79.6 Å². The maximum absolute atomic E-state index is 5.11. The van der Waals surface area contributed by atoms with Gasteiger partial charge in [-0.25, -0.2) is 9.67 Å². The molecule has 0 saturated heterocycles. The molecule has 0 spiro atoms. The number of aliphatic imine (C=N–C) groups is 1. The number of ether oxygens (including phenoxy) is 1. The Morgan fingerprint density at radius 2 is 2.29 bits per heavy atom. The van der Waals surface area contributed by atoms with E-state index in [4.69, 9.17) is 4.74 Å². The van der Waals surface area contributed by atoms with E-state index in [1.54, 1.807) is 7.11 Å². The molecule has 0 amide bonds. The van der Waals surface area contributed by atoms with Crippen LogP contribution in [0.3, 0.4) is 0 Å². The number of nitrogens with one attached hydrogen (secondary N) is 2. The summed E-state index contributed by atoms with van der Waals surface area (Å²) in [7, 11) is 5.84. The molecule has 8 nitrogen and oxygen atoms in total. The minimum absolute atomic E-state index is 0.321. The summed E-state index contributed by atoms with van der Waals surface area (Å²) in [4.78, 5) is 11.4. The zero-order valence-corrected chi connectivity index (χ0v) is 15.4. The molecule has 0 radical (unpaired) electrons. The average molecular weight is 337 g/mol. The summed E-state index contributed by atoms with van der Waals surface area (Å²) in [5, 5.41) is 11.4. The number of hydrogen-bond donors (Lipinski definition) is 2. The first kappa shape index (κ1) is 18.7. The molecule has 1 aliphatic heterocycles. The number of guanidine groups is 1. The van der Waals surface area contributed by atoms with E-state index in [1.807, 2.05) is 4.68 Å². The Hall–Kier alpha value is -1.67. The van der Waals surface area contributed by atoms with Crippen molar-refractivity contribution in [3.05, 3.63) is 11.6 Å². The summed E-state index contributed by atoms with van der Waals surface area (Å²) in [6, 6.07) is 0.321. The van der Waals surface area contributed by atoms with Crippen LogP contribution in [-0.2, 0) is 24.3 Å². The molecule has 0 aliphatic carbocycles. The van der Waals surface area contributed by atoms with Crippen LogP contribution in [0.1, 0.15) is 31.4 Å². The molecule has 136 valence electrons. The molecule has 1 aromatic heterocycles. The lowest BCUT2D eigenvalue weighted by Crippen LogP contribution is -2.47. The van der Waals surface area contributed by atoms with Crippen molar-refractivity contribution in [2.75, 3.05) is 40.8 Å². The van der Waals surface area contributed by atoms with Gasteiger partial charge in [0.2, 0.25) is 0 Å². The van der Waals surface area contributed by atoms with E-state index < -0.39 is 0 Å². The average Bonchev–Trinajstić information content (AvgIpc) is 2.93. The van der Waals surface area contributed by atoms with E-state index in [0.29, 0.717) is 12.6 Å². The van der Waals surface area contributed by atoms with E-state index >= 15 is 0 Å². The summed E-state index contributed by atoms with van der Waals surface area (Å²) >= 11 is 0. The van der Waals surface area contributed by atoms with Crippen LogP contribution in [0, 0.1) is 0 Å². The van der Waals surface area contributed by atoms with Crippen molar-refractivity contribution in [1.29, 1.82) is 0 Å². The Balaban J connectivity index is 1.88. The van der Waals surface area contributed by atoms with Gasteiger partial charge < -0.3 is 20.3 Å². The highest BCUT2D eigenvalue weighted by atomic mass is 16.5. The number of aryl methyl sites for hydroxylation is 1. The number of nitrogens with zero attached hydrogens (tertiary/aromatic N) is 5. The first-order chi connectivity index (χ1) is 11.6. The Labute approximate surface area is 144 Å². The maximum atomic E-state index is 5.11. The second-order valence-corrected chi connectivity index (χ2v) is 6.36. The minimum atomic E-state index is 0.321. The van der Waals surface area contributed by atoms with Crippen LogP contribution in [0.5, 0.6) is 0 Å². The van der Waals surface area contributed by atoms with Crippen molar-refractivity contribution in [2.45, 2.75) is 45.4 Å². The number of methoxy groups -OCH3 is 1. The largest absolute Gasteiger partial charge is 0.377 e. The third-order valence-corrected chi connectivity index (χ3v) is 3.89. The highest BCUT2D eigenvalue weighted by Crippen LogP contribution is 2.13. The van der Waals surface area contributed by atoms with Crippen LogP contribution in [0.4, 0.5) is 0 Å². The van der Waals surface area contributed by atoms with Gasteiger partial charge in [0.25, 0.3) is 0 Å². The summed E-state index contributed by atoms with van der Waals surface area (Å²) in [6.45, 7) is 6.11. The molecule has 2 N–H and O–H groups in total. The van der Waals surface area contributed by atoms with Gasteiger partial charge in [-0.1, -0.05) is 0 Å². The SMILES string of the molecule is CCNC(=NCCCN(C)C)NC1CCc2nc(COC)nn2C1. The van der Waals surface area contributed by atoms with Gasteiger partial charge in [0.15, 0.2) is 11.8 Å². The first-order valence-corrected chi connectivity index (χ1v) is 8.73. The molecule has 1 atom stereocenters. The normalized spacial score (nSPS) is 17.9. The first-order valence-electron chi connectivity index (χ1n) is 8.73. The number of hydrogen-bond acceptors (Lipinski definition) is 5. The Morgan fingerprint density at radius 1 is 1.46 bits per heavy atom. The molecule has 2 rings (SSSR count). The Kier molecular flexibility index (Phi) is 7.45. The van der Waals surface area contributed by atoms with Crippen molar-refractivity contribution in [2.24, 2.45) is 4.99 Å². The lowest BCUT2D eigenvalue weighted by Gasteiger charge is -2.25. The summed E-state index contributed by atoms with van der Waals surface area (Å²) in [5.41, 5.74) is 0. The van der Waals surface area contributed by atoms with Crippen molar-refractivity contribution in [3.63, 3.8) is 0 Å². The number of rotatable bonds is 8. The Morgan fingerprint density at radius 3 is 3.00 bits per heavy atom. The molecule has 2 heterocycles. The summed E-state index contributed by atoms with van der Waals surface area (Å²) in [6.07, 6.45) is 3.02. The second kappa shape index (κ2) is 9.58. The molecule has 8 heteroatoms. The number of aromatic nitrogens is 3. The summed E-state index contributed by atoms with van der Waals surface area (Å²) < 4.78 is 7.11. The van der Waals surface area contributed by atoms with Crippen molar-refractivity contribution < 1.29 is 4.74 Å². The molecule has 1 unspecified atom stereocenters. The molecular weight excluding hydrogens is 306 g/mol. The smallest absolute Gasteiger partial charge is 0.191 e. The van der Waals surface area contributed by atoms with Gasteiger partial charge in [-0.15, -0.1) is 0 Å². The van der Waals surface area contributed by atoms with E-state index in [2.05, 4.69) is 51.6 Å². The van der Waals surface area contributed by atoms with E-state index in [-0.39, 0.29) is 0 Å². The predicted octanol–water partition coefficient (Wildman–Crippen LogP) is 0.246. The van der Waals surface area contributed by atoms with Gasteiger partial charge in [0.1, 0.15) is 12.4 Å². The lowest BCUT2D eigenvalue weighted by atomic mass is 10.1. The van der Waals surface area contributed by atoms with Gasteiger partial charge in [0.05, 0.1) is 6.54 Å². The van der Waals surface area contributed by atoms with Gasteiger partial charge in [-0.3, -0.25) is 4.99 Å². The minimum Gasteiger partial charge on any atom is -0.377 e. The molecule has 0 saturated carbocycles. The zero-order chi connectivity index (χ0) is 17.4. The molecule has 0 fully saturated rings. The molecule has 0 bridgehead atoms. The van der Waals surface area contributed by atoms with Crippen LogP contribution in [0.15, 0.2) is 4.99 Å².